The Labute approximate surface area is 197 Å². The molecule has 0 saturated carbocycles. The molecule has 0 aromatic heterocycles. The molecule has 0 radical (unpaired) electrons. The highest BCUT2D eigenvalue weighted by molar-refractivity contribution is 5.94. The van der Waals surface area contributed by atoms with Gasteiger partial charge in [0.15, 0.2) is 11.7 Å². The Bertz CT molecular complexity index is 688. The van der Waals surface area contributed by atoms with E-state index in [0.717, 1.165) is 0 Å². The van der Waals surface area contributed by atoms with Crippen molar-refractivity contribution >= 4 is 29.5 Å². The van der Waals surface area contributed by atoms with Gasteiger partial charge in [-0.05, 0) is 44.4 Å². The summed E-state index contributed by atoms with van der Waals surface area (Å²) in [5.41, 5.74) is 15.9. The number of guanidine groups is 1. The van der Waals surface area contributed by atoms with Crippen LogP contribution in [0.1, 0.15) is 73.6 Å². The van der Waals surface area contributed by atoms with Crippen molar-refractivity contribution in [3.05, 3.63) is 0 Å². The molecule has 0 rings (SSSR count). The molecule has 33 heavy (non-hydrogen) atoms. The molecule has 8 N–H and O–H groups in total. The van der Waals surface area contributed by atoms with Crippen LogP contribution in [0.2, 0.25) is 0 Å². The molecule has 0 saturated heterocycles. The Morgan fingerprint density at radius 2 is 1.39 bits per heavy atom. The van der Waals surface area contributed by atoms with E-state index in [2.05, 4.69) is 15.6 Å². The van der Waals surface area contributed by atoms with Crippen LogP contribution in [-0.4, -0.2) is 48.1 Å². The van der Waals surface area contributed by atoms with Crippen molar-refractivity contribution in [2.45, 2.75) is 85.7 Å². The zero-order chi connectivity index (χ0) is 25.7. The summed E-state index contributed by atoms with van der Waals surface area (Å²) in [4.78, 5) is 53.8. The molecule has 4 atom stereocenters. The number of aliphatic imine (C=N–C) groups is 1. The van der Waals surface area contributed by atoms with E-state index in [9.17, 15) is 19.2 Å². The molecule has 0 unspecified atom stereocenters. The van der Waals surface area contributed by atoms with Crippen LogP contribution in [0.25, 0.3) is 0 Å². The zero-order valence-electron chi connectivity index (χ0n) is 21.0. The fraction of sp³-hybridized carbons (Fsp3) is 0.783. The first-order valence-electron chi connectivity index (χ1n) is 11.7. The summed E-state index contributed by atoms with van der Waals surface area (Å²) < 4.78 is 0. The Morgan fingerprint density at radius 3 is 1.88 bits per heavy atom. The molecule has 0 aliphatic rings. The average Bonchev–Trinajstić information content (AvgIpc) is 2.68. The summed E-state index contributed by atoms with van der Waals surface area (Å²) in [5, 5.41) is 5.46. The minimum atomic E-state index is -0.826. The normalized spacial score (nSPS) is 14.8. The third-order valence-electron chi connectivity index (χ3n) is 5.31. The number of nitrogens with one attached hydrogen (secondary N) is 2. The largest absolute Gasteiger partial charge is 0.370 e. The molecule has 0 aromatic carbocycles. The van der Waals surface area contributed by atoms with Crippen LogP contribution < -0.4 is 27.8 Å². The van der Waals surface area contributed by atoms with Crippen LogP contribution in [0.5, 0.6) is 0 Å². The van der Waals surface area contributed by atoms with E-state index in [4.69, 9.17) is 17.2 Å². The van der Waals surface area contributed by atoms with Gasteiger partial charge in [-0.3, -0.25) is 24.2 Å². The SMILES string of the molecule is CC(C)C[C@H](CC(=O)[C@H](CC(C)C)NC(=O)[C@@H](C)CCCN=C(N)N)C(=O)N[C@@H](C)C(N)=O. The number of hydrogen-bond donors (Lipinski definition) is 5. The average molecular weight is 469 g/mol. The number of carbonyl (C=O) groups is 4. The van der Waals surface area contributed by atoms with Crippen molar-refractivity contribution in [1.29, 1.82) is 0 Å². The molecule has 0 heterocycles. The lowest BCUT2D eigenvalue weighted by Gasteiger charge is -2.25. The van der Waals surface area contributed by atoms with E-state index in [1.54, 1.807) is 6.92 Å². The van der Waals surface area contributed by atoms with Crippen molar-refractivity contribution in [2.24, 2.45) is 45.9 Å². The van der Waals surface area contributed by atoms with Crippen molar-refractivity contribution in [3.63, 3.8) is 0 Å². The number of nitrogens with two attached hydrogens (primary N) is 3. The second kappa shape index (κ2) is 15.2. The summed E-state index contributed by atoms with van der Waals surface area (Å²) in [6, 6.07) is -1.51. The summed E-state index contributed by atoms with van der Waals surface area (Å²) in [6.45, 7) is 11.6. The van der Waals surface area contributed by atoms with Crippen molar-refractivity contribution in [2.75, 3.05) is 6.54 Å². The number of nitrogens with zero attached hydrogens (tertiary/aromatic N) is 1. The van der Waals surface area contributed by atoms with Crippen LogP contribution in [0.3, 0.4) is 0 Å². The van der Waals surface area contributed by atoms with Crippen molar-refractivity contribution in [3.8, 4) is 0 Å². The maximum absolute atomic E-state index is 13.2. The van der Waals surface area contributed by atoms with Crippen LogP contribution in [0.4, 0.5) is 0 Å². The predicted octanol–water partition coefficient (Wildman–Crippen LogP) is 0.819. The van der Waals surface area contributed by atoms with Crippen LogP contribution in [-0.2, 0) is 19.2 Å². The first-order chi connectivity index (χ1) is 15.2. The molecule has 0 aliphatic carbocycles. The lowest BCUT2D eigenvalue weighted by Crippen LogP contribution is -2.47. The van der Waals surface area contributed by atoms with Crippen molar-refractivity contribution in [1.82, 2.24) is 10.6 Å². The summed E-state index contributed by atoms with van der Waals surface area (Å²) in [6.07, 6.45) is 2.15. The van der Waals surface area contributed by atoms with Gasteiger partial charge in [0, 0.05) is 24.8 Å². The first-order valence-corrected chi connectivity index (χ1v) is 11.7. The van der Waals surface area contributed by atoms with E-state index < -0.39 is 23.9 Å². The first kappa shape index (κ1) is 30.4. The fourth-order valence-corrected chi connectivity index (χ4v) is 3.43. The third-order valence-corrected chi connectivity index (χ3v) is 5.31. The van der Waals surface area contributed by atoms with Gasteiger partial charge < -0.3 is 27.8 Å². The van der Waals surface area contributed by atoms with Crippen LogP contribution in [0, 0.1) is 23.7 Å². The summed E-state index contributed by atoms with van der Waals surface area (Å²) in [7, 11) is 0. The highest BCUT2D eigenvalue weighted by Gasteiger charge is 2.30. The number of ketones is 1. The van der Waals surface area contributed by atoms with E-state index in [0.29, 0.717) is 32.2 Å². The fourth-order valence-electron chi connectivity index (χ4n) is 3.43. The molecule has 3 amide bonds. The molecule has 0 spiro atoms. The quantitative estimate of drug-likeness (QED) is 0.127. The highest BCUT2D eigenvalue weighted by atomic mass is 16.2. The lowest BCUT2D eigenvalue weighted by molar-refractivity contribution is -0.134. The standard InChI is InChI=1S/C23H44N6O4/c1-13(2)10-17(22(33)28-16(6)20(24)31)12-19(30)18(11-14(3)4)29-21(32)15(5)8-7-9-27-23(25)26/h13-18H,7-12H2,1-6H3,(H2,24,31)(H,28,33)(H,29,32)(H4,25,26,27)/t15-,16-,17+,18-/m0/s1. The maximum atomic E-state index is 13.2. The minimum Gasteiger partial charge on any atom is -0.370 e. The Balaban J connectivity index is 5.24. The van der Waals surface area contributed by atoms with E-state index in [1.807, 2.05) is 27.7 Å². The van der Waals surface area contributed by atoms with Crippen LogP contribution in [0.15, 0.2) is 4.99 Å². The van der Waals surface area contributed by atoms with Gasteiger partial charge in [-0.2, -0.15) is 0 Å². The number of hydrogen-bond acceptors (Lipinski definition) is 5. The molecular weight excluding hydrogens is 424 g/mol. The molecule has 10 heteroatoms. The molecule has 0 bridgehead atoms. The van der Waals surface area contributed by atoms with Gasteiger partial charge >= 0.3 is 0 Å². The number of amides is 3. The van der Waals surface area contributed by atoms with Gasteiger partial charge in [0.1, 0.15) is 6.04 Å². The number of carbonyl (C=O) groups excluding carboxylic acids is 4. The molecule has 0 aromatic rings. The third kappa shape index (κ3) is 13.5. The topological polar surface area (TPSA) is 183 Å². The molecule has 0 fully saturated rings. The lowest BCUT2D eigenvalue weighted by atomic mass is 9.87. The van der Waals surface area contributed by atoms with Gasteiger partial charge in [-0.25, -0.2) is 0 Å². The Hall–Kier alpha value is -2.65. The number of primary amides is 1. The number of rotatable bonds is 16. The minimum absolute atomic E-state index is 0.0138. The van der Waals surface area contributed by atoms with E-state index >= 15 is 0 Å². The summed E-state index contributed by atoms with van der Waals surface area (Å²) >= 11 is 0. The molecule has 0 aliphatic heterocycles. The second-order valence-electron chi connectivity index (χ2n) is 9.67. The number of Topliss-reactive ketones (excluding diaryl/α,β-unsaturated/α-hetero) is 1. The monoisotopic (exact) mass is 468 g/mol. The van der Waals surface area contributed by atoms with Gasteiger partial charge in [0.25, 0.3) is 0 Å². The second-order valence-corrected chi connectivity index (χ2v) is 9.67. The Morgan fingerprint density at radius 1 is 0.818 bits per heavy atom. The van der Waals surface area contributed by atoms with Gasteiger partial charge in [0.2, 0.25) is 17.7 Å². The highest BCUT2D eigenvalue weighted by Crippen LogP contribution is 2.20. The van der Waals surface area contributed by atoms with Gasteiger partial charge in [0.05, 0.1) is 6.04 Å². The predicted molar refractivity (Wildman–Crippen MR) is 130 cm³/mol. The summed E-state index contributed by atoms with van der Waals surface area (Å²) in [5.74, 6) is -2.01. The van der Waals surface area contributed by atoms with E-state index in [1.165, 1.54) is 6.92 Å². The molecule has 10 nitrogen and oxygen atoms in total. The van der Waals surface area contributed by atoms with Crippen LogP contribution >= 0.6 is 0 Å². The van der Waals surface area contributed by atoms with Crippen molar-refractivity contribution < 1.29 is 19.2 Å². The van der Waals surface area contributed by atoms with E-state index in [-0.39, 0.29) is 47.7 Å². The van der Waals surface area contributed by atoms with Gasteiger partial charge in [-0.15, -0.1) is 0 Å². The molecular formula is C23H44N6O4. The molecule has 190 valence electrons. The Kier molecular flexibility index (Phi) is 14.0. The maximum Gasteiger partial charge on any atom is 0.239 e. The smallest absolute Gasteiger partial charge is 0.239 e. The van der Waals surface area contributed by atoms with Gasteiger partial charge in [-0.1, -0.05) is 34.6 Å². The zero-order valence-corrected chi connectivity index (χ0v) is 21.0.